The van der Waals surface area contributed by atoms with Crippen molar-refractivity contribution in [2.75, 3.05) is 5.73 Å². The van der Waals surface area contributed by atoms with Gasteiger partial charge >= 0.3 is 0 Å². The van der Waals surface area contributed by atoms with Gasteiger partial charge in [0.25, 0.3) is 0 Å². The van der Waals surface area contributed by atoms with Crippen LogP contribution in [0.25, 0.3) is 0 Å². The Bertz CT molecular complexity index is 350. The molecule has 0 radical (unpaired) electrons. The summed E-state index contributed by atoms with van der Waals surface area (Å²) in [5, 5.41) is 2.95. The summed E-state index contributed by atoms with van der Waals surface area (Å²) in [5.41, 5.74) is 7.55. The van der Waals surface area contributed by atoms with Gasteiger partial charge < -0.3 is 11.1 Å². The first-order valence-electron chi connectivity index (χ1n) is 5.79. The second kappa shape index (κ2) is 6.16. The zero-order valence-electron chi connectivity index (χ0n) is 9.99. The van der Waals surface area contributed by atoms with Crippen LogP contribution in [0.15, 0.2) is 24.3 Å². The largest absolute Gasteiger partial charge is 0.398 e. The van der Waals surface area contributed by atoms with E-state index < -0.39 is 0 Å². The Morgan fingerprint density at radius 3 is 2.75 bits per heavy atom. The number of benzene rings is 1. The number of anilines is 1. The molecule has 3 N–H and O–H groups in total. The smallest absolute Gasteiger partial charge is 0.220 e. The van der Waals surface area contributed by atoms with Gasteiger partial charge in [-0.3, -0.25) is 4.79 Å². The topological polar surface area (TPSA) is 55.1 Å². The number of nitrogen functional groups attached to an aromatic ring is 1. The van der Waals surface area contributed by atoms with E-state index in [-0.39, 0.29) is 11.9 Å². The molecule has 0 aliphatic heterocycles. The summed E-state index contributed by atoms with van der Waals surface area (Å²) in [6, 6.07) is 7.60. The Kier molecular flexibility index (Phi) is 4.83. The molecular weight excluding hydrogens is 200 g/mol. The monoisotopic (exact) mass is 220 g/mol. The van der Waals surface area contributed by atoms with Crippen LogP contribution in [0.3, 0.4) is 0 Å². The number of carbonyl (C=O) groups excluding carboxylic acids is 1. The van der Waals surface area contributed by atoms with Crippen molar-refractivity contribution < 1.29 is 4.79 Å². The van der Waals surface area contributed by atoms with Crippen LogP contribution in [0.1, 0.15) is 44.7 Å². The van der Waals surface area contributed by atoms with Crippen molar-refractivity contribution >= 4 is 11.6 Å². The molecule has 0 saturated heterocycles. The Morgan fingerprint density at radius 1 is 1.44 bits per heavy atom. The summed E-state index contributed by atoms with van der Waals surface area (Å²) in [5.74, 6) is 0.0950. The highest BCUT2D eigenvalue weighted by Gasteiger charge is 2.10. The van der Waals surface area contributed by atoms with E-state index in [0.29, 0.717) is 6.42 Å². The van der Waals surface area contributed by atoms with Gasteiger partial charge in [0, 0.05) is 12.1 Å². The first-order chi connectivity index (χ1) is 7.65. The molecule has 3 heteroatoms. The number of amides is 1. The molecule has 0 saturated carbocycles. The normalized spacial score (nSPS) is 12.1. The fourth-order valence-corrected chi connectivity index (χ4v) is 1.63. The molecule has 0 spiro atoms. The Hall–Kier alpha value is -1.51. The van der Waals surface area contributed by atoms with Gasteiger partial charge in [-0.2, -0.15) is 0 Å². The average molecular weight is 220 g/mol. The first-order valence-corrected chi connectivity index (χ1v) is 5.79. The van der Waals surface area contributed by atoms with Crippen molar-refractivity contribution in [2.45, 2.75) is 39.2 Å². The maximum absolute atomic E-state index is 11.5. The SMILES string of the molecule is CCCCC(=O)NC(C)c1ccccc1N. The minimum atomic E-state index is -0.0226. The van der Waals surface area contributed by atoms with E-state index in [0.717, 1.165) is 24.1 Å². The maximum Gasteiger partial charge on any atom is 0.220 e. The summed E-state index contributed by atoms with van der Waals surface area (Å²) in [6.45, 7) is 4.03. The van der Waals surface area contributed by atoms with Gasteiger partial charge in [0.2, 0.25) is 5.91 Å². The lowest BCUT2D eigenvalue weighted by Crippen LogP contribution is -2.26. The van der Waals surface area contributed by atoms with Gasteiger partial charge in [0.1, 0.15) is 0 Å². The van der Waals surface area contributed by atoms with Crippen LogP contribution in [0.5, 0.6) is 0 Å². The molecule has 0 heterocycles. The molecule has 88 valence electrons. The van der Waals surface area contributed by atoms with Gasteiger partial charge in [0.15, 0.2) is 0 Å². The molecule has 1 amide bonds. The Balaban J connectivity index is 2.55. The van der Waals surface area contributed by atoms with Crippen molar-refractivity contribution in [1.82, 2.24) is 5.32 Å². The predicted octanol–water partition coefficient (Wildman–Crippen LogP) is 2.64. The third kappa shape index (κ3) is 3.57. The van der Waals surface area contributed by atoms with Crippen molar-refractivity contribution in [3.8, 4) is 0 Å². The molecule has 1 rings (SSSR count). The molecule has 1 aromatic rings. The highest BCUT2D eigenvalue weighted by Crippen LogP contribution is 2.19. The highest BCUT2D eigenvalue weighted by atomic mass is 16.1. The number of nitrogens with two attached hydrogens (primary N) is 1. The zero-order valence-corrected chi connectivity index (χ0v) is 9.99. The van der Waals surface area contributed by atoms with Crippen molar-refractivity contribution in [3.05, 3.63) is 29.8 Å². The number of unbranched alkanes of at least 4 members (excludes halogenated alkanes) is 1. The molecule has 16 heavy (non-hydrogen) atoms. The number of para-hydroxylation sites is 1. The molecule has 1 aromatic carbocycles. The van der Waals surface area contributed by atoms with Gasteiger partial charge in [-0.25, -0.2) is 0 Å². The molecule has 0 aliphatic rings. The van der Waals surface area contributed by atoms with E-state index in [2.05, 4.69) is 12.2 Å². The number of carbonyl (C=O) groups is 1. The zero-order chi connectivity index (χ0) is 12.0. The molecular formula is C13H20N2O. The van der Waals surface area contributed by atoms with E-state index in [1.54, 1.807) is 0 Å². The van der Waals surface area contributed by atoms with Crippen LogP contribution < -0.4 is 11.1 Å². The lowest BCUT2D eigenvalue weighted by molar-refractivity contribution is -0.121. The van der Waals surface area contributed by atoms with E-state index in [1.807, 2.05) is 31.2 Å². The molecule has 1 unspecified atom stereocenters. The fraction of sp³-hybridized carbons (Fsp3) is 0.462. The third-order valence-electron chi connectivity index (χ3n) is 2.60. The molecule has 0 aromatic heterocycles. The van der Waals surface area contributed by atoms with Crippen LogP contribution in [-0.4, -0.2) is 5.91 Å². The van der Waals surface area contributed by atoms with Gasteiger partial charge in [-0.05, 0) is 25.0 Å². The van der Waals surface area contributed by atoms with Gasteiger partial charge in [-0.15, -0.1) is 0 Å². The summed E-state index contributed by atoms with van der Waals surface area (Å²) >= 11 is 0. The Labute approximate surface area is 97.0 Å². The van der Waals surface area contributed by atoms with Crippen LogP contribution >= 0.6 is 0 Å². The van der Waals surface area contributed by atoms with Crippen molar-refractivity contribution in [1.29, 1.82) is 0 Å². The fourth-order valence-electron chi connectivity index (χ4n) is 1.63. The minimum absolute atomic E-state index is 0.0226. The highest BCUT2D eigenvalue weighted by molar-refractivity contribution is 5.76. The van der Waals surface area contributed by atoms with E-state index in [4.69, 9.17) is 5.73 Å². The molecule has 3 nitrogen and oxygen atoms in total. The third-order valence-corrected chi connectivity index (χ3v) is 2.60. The number of nitrogens with one attached hydrogen (secondary N) is 1. The number of rotatable bonds is 5. The molecule has 0 bridgehead atoms. The maximum atomic E-state index is 11.5. The van der Waals surface area contributed by atoms with E-state index >= 15 is 0 Å². The standard InChI is InChI=1S/C13H20N2O/c1-3-4-9-13(16)15-10(2)11-7-5-6-8-12(11)14/h5-8,10H,3-4,9,14H2,1-2H3,(H,15,16). The molecule has 0 fully saturated rings. The van der Waals surface area contributed by atoms with Crippen LogP contribution in [0.2, 0.25) is 0 Å². The van der Waals surface area contributed by atoms with E-state index in [9.17, 15) is 4.79 Å². The summed E-state index contributed by atoms with van der Waals surface area (Å²) in [4.78, 5) is 11.5. The summed E-state index contributed by atoms with van der Waals surface area (Å²) in [7, 11) is 0. The molecule has 1 atom stereocenters. The van der Waals surface area contributed by atoms with E-state index in [1.165, 1.54) is 0 Å². The van der Waals surface area contributed by atoms with Gasteiger partial charge in [0.05, 0.1) is 6.04 Å². The lowest BCUT2D eigenvalue weighted by Gasteiger charge is -2.16. The van der Waals surface area contributed by atoms with Gasteiger partial charge in [-0.1, -0.05) is 31.5 Å². The van der Waals surface area contributed by atoms with Crippen molar-refractivity contribution in [3.63, 3.8) is 0 Å². The summed E-state index contributed by atoms with van der Waals surface area (Å²) < 4.78 is 0. The quantitative estimate of drug-likeness (QED) is 0.749. The van der Waals surface area contributed by atoms with Crippen LogP contribution in [0, 0.1) is 0 Å². The van der Waals surface area contributed by atoms with Crippen LogP contribution in [-0.2, 0) is 4.79 Å². The summed E-state index contributed by atoms with van der Waals surface area (Å²) in [6.07, 6.45) is 2.56. The number of hydrogen-bond donors (Lipinski definition) is 2. The Morgan fingerprint density at radius 2 is 2.12 bits per heavy atom. The second-order valence-corrected chi connectivity index (χ2v) is 4.02. The minimum Gasteiger partial charge on any atom is -0.398 e. The predicted molar refractivity (Wildman–Crippen MR) is 66.9 cm³/mol. The molecule has 0 aliphatic carbocycles. The first kappa shape index (κ1) is 12.6. The van der Waals surface area contributed by atoms with Crippen molar-refractivity contribution in [2.24, 2.45) is 0 Å². The van der Waals surface area contributed by atoms with Crippen LogP contribution in [0.4, 0.5) is 5.69 Å². The lowest BCUT2D eigenvalue weighted by atomic mass is 10.1. The second-order valence-electron chi connectivity index (χ2n) is 4.02. The average Bonchev–Trinajstić information content (AvgIpc) is 2.26. The number of hydrogen-bond acceptors (Lipinski definition) is 2.